The summed E-state index contributed by atoms with van der Waals surface area (Å²) in [5, 5.41) is 3.35. The molecule has 1 saturated carbocycles. The summed E-state index contributed by atoms with van der Waals surface area (Å²) in [6.07, 6.45) is 7.79. The molecule has 2 heteroatoms. The molecule has 0 amide bonds. The van der Waals surface area contributed by atoms with Gasteiger partial charge in [0.15, 0.2) is 0 Å². The summed E-state index contributed by atoms with van der Waals surface area (Å²) >= 11 is 0. The van der Waals surface area contributed by atoms with Crippen molar-refractivity contribution in [1.29, 1.82) is 0 Å². The molecular weight excluding hydrogens is 234 g/mol. The van der Waals surface area contributed by atoms with Crippen molar-refractivity contribution in [3.05, 3.63) is 29.8 Å². The van der Waals surface area contributed by atoms with Crippen molar-refractivity contribution in [2.45, 2.75) is 64.0 Å². The molecule has 0 atom stereocenters. The van der Waals surface area contributed by atoms with Gasteiger partial charge in [-0.1, -0.05) is 12.1 Å². The second-order valence-corrected chi connectivity index (χ2v) is 6.30. The van der Waals surface area contributed by atoms with Gasteiger partial charge in [0.05, 0.1) is 6.10 Å². The summed E-state index contributed by atoms with van der Waals surface area (Å²) in [5.74, 6) is 1.03. The minimum absolute atomic E-state index is 0.207. The molecule has 0 saturated heterocycles. The zero-order chi connectivity index (χ0) is 13.7. The molecule has 19 heavy (non-hydrogen) atoms. The molecule has 106 valence electrons. The van der Waals surface area contributed by atoms with Gasteiger partial charge in [0.25, 0.3) is 0 Å². The Morgan fingerprint density at radius 2 is 1.79 bits per heavy atom. The van der Waals surface area contributed by atoms with Crippen molar-refractivity contribution in [3.63, 3.8) is 0 Å². The second-order valence-electron chi connectivity index (χ2n) is 6.30. The number of rotatable bonds is 6. The lowest BCUT2D eigenvalue weighted by Crippen LogP contribution is -2.36. The van der Waals surface area contributed by atoms with Crippen LogP contribution in [0.4, 0.5) is 0 Å². The predicted octanol–water partition coefficient (Wildman–Crippen LogP) is 3.94. The largest absolute Gasteiger partial charge is 0.490 e. The van der Waals surface area contributed by atoms with Crippen molar-refractivity contribution in [1.82, 2.24) is 5.32 Å². The zero-order valence-electron chi connectivity index (χ0n) is 12.5. The van der Waals surface area contributed by atoms with E-state index >= 15 is 0 Å². The summed E-state index contributed by atoms with van der Waals surface area (Å²) < 4.78 is 5.98. The molecule has 0 radical (unpaired) electrons. The highest BCUT2D eigenvalue weighted by Gasteiger charge is 2.16. The average molecular weight is 261 g/mol. The number of hydrogen-bond donors (Lipinski definition) is 1. The van der Waals surface area contributed by atoms with Crippen LogP contribution in [0.5, 0.6) is 5.75 Å². The van der Waals surface area contributed by atoms with Gasteiger partial charge in [-0.15, -0.1) is 0 Å². The molecule has 0 bridgehead atoms. The van der Waals surface area contributed by atoms with Crippen LogP contribution in [0, 0.1) is 0 Å². The Morgan fingerprint density at radius 1 is 1.16 bits per heavy atom. The molecule has 1 fully saturated rings. The Hall–Kier alpha value is -1.02. The van der Waals surface area contributed by atoms with E-state index < -0.39 is 0 Å². The minimum Gasteiger partial charge on any atom is -0.490 e. The van der Waals surface area contributed by atoms with Crippen LogP contribution in [0.15, 0.2) is 24.3 Å². The Labute approximate surface area is 117 Å². The second kappa shape index (κ2) is 6.42. The van der Waals surface area contributed by atoms with Crippen LogP contribution >= 0.6 is 0 Å². The number of aryl methyl sites for hydroxylation is 1. The summed E-state index contributed by atoms with van der Waals surface area (Å²) in [6.45, 7) is 4.48. The molecule has 2 nitrogen and oxygen atoms in total. The molecular formula is C17H27NO. The molecule has 1 aliphatic carbocycles. The summed E-state index contributed by atoms with van der Waals surface area (Å²) in [5.41, 5.74) is 1.60. The van der Waals surface area contributed by atoms with Gasteiger partial charge in [0, 0.05) is 5.54 Å². The Morgan fingerprint density at radius 3 is 2.37 bits per heavy atom. The maximum atomic E-state index is 5.98. The Bertz CT molecular complexity index is 377. The maximum Gasteiger partial charge on any atom is 0.119 e. The zero-order valence-corrected chi connectivity index (χ0v) is 12.5. The first-order chi connectivity index (χ1) is 9.09. The normalized spacial score (nSPS) is 16.8. The van der Waals surface area contributed by atoms with E-state index in [1.54, 1.807) is 0 Å². The van der Waals surface area contributed by atoms with Gasteiger partial charge in [0.1, 0.15) is 5.75 Å². The monoisotopic (exact) mass is 261 g/mol. The van der Waals surface area contributed by atoms with Crippen molar-refractivity contribution >= 4 is 0 Å². The van der Waals surface area contributed by atoms with Crippen LogP contribution < -0.4 is 10.1 Å². The van der Waals surface area contributed by atoms with Crippen molar-refractivity contribution < 1.29 is 4.74 Å². The maximum absolute atomic E-state index is 5.98. The van der Waals surface area contributed by atoms with E-state index in [9.17, 15) is 0 Å². The molecule has 1 aliphatic rings. The number of benzene rings is 1. The molecule has 0 unspecified atom stereocenters. The summed E-state index contributed by atoms with van der Waals surface area (Å²) in [7, 11) is 2.03. The van der Waals surface area contributed by atoms with Gasteiger partial charge in [0.2, 0.25) is 0 Å². The van der Waals surface area contributed by atoms with Crippen LogP contribution in [0.3, 0.4) is 0 Å². The first-order valence-corrected chi connectivity index (χ1v) is 7.53. The van der Waals surface area contributed by atoms with Gasteiger partial charge in [-0.05, 0) is 77.1 Å². The average Bonchev–Trinajstić information content (AvgIpc) is 2.91. The van der Waals surface area contributed by atoms with Gasteiger partial charge in [-0.3, -0.25) is 0 Å². The Kier molecular flexibility index (Phi) is 4.87. The molecule has 1 aromatic carbocycles. The van der Waals surface area contributed by atoms with E-state index in [1.165, 1.54) is 31.2 Å². The third kappa shape index (κ3) is 4.54. The fourth-order valence-electron chi connectivity index (χ4n) is 2.52. The number of nitrogens with one attached hydrogen (secondary N) is 1. The van der Waals surface area contributed by atoms with E-state index in [4.69, 9.17) is 4.74 Å². The molecule has 0 aromatic heterocycles. The first kappa shape index (κ1) is 14.4. The number of hydrogen-bond acceptors (Lipinski definition) is 2. The number of ether oxygens (including phenoxy) is 1. The molecule has 0 heterocycles. The van der Waals surface area contributed by atoms with Gasteiger partial charge < -0.3 is 10.1 Å². The quantitative estimate of drug-likeness (QED) is 0.837. The van der Waals surface area contributed by atoms with Gasteiger partial charge in [-0.25, -0.2) is 0 Å². The lowest BCUT2D eigenvalue weighted by atomic mass is 9.95. The fraction of sp³-hybridized carbons (Fsp3) is 0.647. The molecule has 1 aromatic rings. The third-order valence-corrected chi connectivity index (χ3v) is 4.24. The molecule has 0 spiro atoms. The van der Waals surface area contributed by atoms with E-state index in [0.29, 0.717) is 6.10 Å². The van der Waals surface area contributed by atoms with Crippen LogP contribution in [-0.4, -0.2) is 18.7 Å². The van der Waals surface area contributed by atoms with E-state index in [1.807, 2.05) is 7.05 Å². The van der Waals surface area contributed by atoms with Crippen LogP contribution in [0.1, 0.15) is 51.5 Å². The highest BCUT2D eigenvalue weighted by Crippen LogP contribution is 2.24. The van der Waals surface area contributed by atoms with E-state index in [0.717, 1.165) is 18.6 Å². The highest BCUT2D eigenvalue weighted by atomic mass is 16.5. The van der Waals surface area contributed by atoms with Crippen LogP contribution in [-0.2, 0) is 6.42 Å². The van der Waals surface area contributed by atoms with Crippen molar-refractivity contribution in [3.8, 4) is 5.75 Å². The molecule has 1 N–H and O–H groups in total. The fourth-order valence-corrected chi connectivity index (χ4v) is 2.52. The lowest BCUT2D eigenvalue weighted by molar-refractivity contribution is 0.210. The van der Waals surface area contributed by atoms with Crippen molar-refractivity contribution in [2.75, 3.05) is 7.05 Å². The SMILES string of the molecule is CNC(C)(C)CCc1ccc(OC2CCCC2)cc1. The third-order valence-electron chi connectivity index (χ3n) is 4.24. The predicted molar refractivity (Wildman–Crippen MR) is 80.8 cm³/mol. The molecule has 0 aliphatic heterocycles. The highest BCUT2D eigenvalue weighted by molar-refractivity contribution is 5.27. The minimum atomic E-state index is 0.207. The van der Waals surface area contributed by atoms with Crippen LogP contribution in [0.25, 0.3) is 0 Å². The topological polar surface area (TPSA) is 21.3 Å². The van der Waals surface area contributed by atoms with Gasteiger partial charge >= 0.3 is 0 Å². The molecule has 2 rings (SSSR count). The summed E-state index contributed by atoms with van der Waals surface area (Å²) in [4.78, 5) is 0. The van der Waals surface area contributed by atoms with E-state index in [2.05, 4.69) is 43.4 Å². The first-order valence-electron chi connectivity index (χ1n) is 7.53. The lowest BCUT2D eigenvalue weighted by Gasteiger charge is -2.23. The van der Waals surface area contributed by atoms with Crippen LogP contribution in [0.2, 0.25) is 0 Å². The van der Waals surface area contributed by atoms with E-state index in [-0.39, 0.29) is 5.54 Å². The standard InChI is InChI=1S/C17H27NO/c1-17(2,18-3)13-12-14-8-10-16(11-9-14)19-15-6-4-5-7-15/h8-11,15,18H,4-7,12-13H2,1-3H3. The Balaban J connectivity index is 1.84. The van der Waals surface area contributed by atoms with Gasteiger partial charge in [-0.2, -0.15) is 0 Å². The van der Waals surface area contributed by atoms with Crippen molar-refractivity contribution in [2.24, 2.45) is 0 Å². The summed E-state index contributed by atoms with van der Waals surface area (Å²) in [6, 6.07) is 8.66. The smallest absolute Gasteiger partial charge is 0.119 e.